The predicted octanol–water partition coefficient (Wildman–Crippen LogP) is 2.57. The molecule has 4 heteroatoms. The number of aliphatic hydroxyl groups is 1. The van der Waals surface area contributed by atoms with E-state index in [1.807, 2.05) is 24.3 Å². The summed E-state index contributed by atoms with van der Waals surface area (Å²) in [5.41, 5.74) is 1.93. The van der Waals surface area contributed by atoms with Crippen molar-refractivity contribution in [3.63, 3.8) is 0 Å². The first kappa shape index (κ1) is 17.7. The quantitative estimate of drug-likeness (QED) is 0.492. The lowest BCUT2D eigenvalue weighted by molar-refractivity contribution is -0.128. The predicted molar refractivity (Wildman–Crippen MR) is 94.5 cm³/mol. The number of aliphatic hydroxyl groups excluding tert-OH is 1. The Morgan fingerprint density at radius 3 is 3.00 bits per heavy atom. The molecule has 130 valence electrons. The number of methoxy groups -OCH3 is 1. The lowest BCUT2D eigenvalue weighted by Crippen LogP contribution is -2.33. The lowest BCUT2D eigenvalue weighted by Gasteiger charge is -2.29. The molecule has 0 saturated carbocycles. The molecule has 1 aromatic carbocycles. The smallest absolute Gasteiger partial charge is 0.148 e. The SMILES string of the molecule is COCCOCOC12CC#CC(O)c3ccccc3C#CC1=CCC2. The normalized spacial score (nSPS) is 24.1. The zero-order valence-corrected chi connectivity index (χ0v) is 14.4. The average molecular weight is 338 g/mol. The van der Waals surface area contributed by atoms with E-state index in [0.29, 0.717) is 19.6 Å². The molecule has 25 heavy (non-hydrogen) atoms. The van der Waals surface area contributed by atoms with Crippen LogP contribution in [-0.2, 0) is 14.2 Å². The fraction of sp³-hybridized carbons (Fsp3) is 0.429. The summed E-state index contributed by atoms with van der Waals surface area (Å²) in [6, 6.07) is 7.56. The molecule has 3 rings (SSSR count). The third-order valence-corrected chi connectivity index (χ3v) is 4.44. The highest BCUT2D eigenvalue weighted by Gasteiger charge is 2.37. The van der Waals surface area contributed by atoms with Crippen LogP contribution in [0, 0.1) is 23.7 Å². The van der Waals surface area contributed by atoms with Crippen LogP contribution in [0.1, 0.15) is 36.5 Å². The van der Waals surface area contributed by atoms with Gasteiger partial charge < -0.3 is 19.3 Å². The molecule has 0 saturated heterocycles. The van der Waals surface area contributed by atoms with Gasteiger partial charge in [-0.2, -0.15) is 0 Å². The van der Waals surface area contributed by atoms with Crippen molar-refractivity contribution in [2.45, 2.75) is 31.0 Å². The molecule has 2 atom stereocenters. The molecule has 2 aliphatic rings. The second-order valence-electron chi connectivity index (χ2n) is 6.05. The Bertz CT molecular complexity index is 759. The van der Waals surface area contributed by atoms with Gasteiger partial charge >= 0.3 is 0 Å². The van der Waals surface area contributed by atoms with Gasteiger partial charge in [-0.15, -0.1) is 0 Å². The van der Waals surface area contributed by atoms with Gasteiger partial charge in [0.25, 0.3) is 0 Å². The van der Waals surface area contributed by atoms with Gasteiger partial charge in [0, 0.05) is 30.2 Å². The molecule has 0 aromatic heterocycles. The molecular formula is C21H22O4. The topological polar surface area (TPSA) is 47.9 Å². The second kappa shape index (κ2) is 8.34. The molecule has 2 unspecified atom stereocenters. The van der Waals surface area contributed by atoms with Crippen LogP contribution in [0.25, 0.3) is 0 Å². The van der Waals surface area contributed by atoms with E-state index in [-0.39, 0.29) is 6.79 Å². The first-order chi connectivity index (χ1) is 12.2. The van der Waals surface area contributed by atoms with Crippen LogP contribution in [0.15, 0.2) is 35.9 Å². The summed E-state index contributed by atoms with van der Waals surface area (Å²) in [5.74, 6) is 12.5. The fourth-order valence-corrected chi connectivity index (χ4v) is 3.03. The zero-order chi connectivity index (χ0) is 17.5. The molecule has 0 aliphatic heterocycles. The van der Waals surface area contributed by atoms with Gasteiger partial charge in [0.2, 0.25) is 0 Å². The minimum Gasteiger partial charge on any atom is -0.382 e. The molecule has 0 fully saturated rings. The van der Waals surface area contributed by atoms with E-state index in [4.69, 9.17) is 14.2 Å². The molecule has 0 bridgehead atoms. The van der Waals surface area contributed by atoms with Crippen LogP contribution >= 0.6 is 0 Å². The molecular weight excluding hydrogens is 316 g/mol. The summed E-state index contributed by atoms with van der Waals surface area (Å²) in [4.78, 5) is 0. The highest BCUT2D eigenvalue weighted by Crippen LogP contribution is 2.37. The maximum Gasteiger partial charge on any atom is 0.148 e. The maximum atomic E-state index is 10.3. The van der Waals surface area contributed by atoms with E-state index < -0.39 is 11.7 Å². The van der Waals surface area contributed by atoms with Crippen LogP contribution in [0.4, 0.5) is 0 Å². The zero-order valence-electron chi connectivity index (χ0n) is 14.4. The Kier molecular flexibility index (Phi) is 5.91. The summed E-state index contributed by atoms with van der Waals surface area (Å²) < 4.78 is 16.5. The first-order valence-corrected chi connectivity index (χ1v) is 8.44. The van der Waals surface area contributed by atoms with E-state index in [2.05, 4.69) is 29.8 Å². The molecule has 4 nitrogen and oxygen atoms in total. The number of hydrogen-bond donors (Lipinski definition) is 1. The van der Waals surface area contributed by atoms with Crippen molar-refractivity contribution in [3.8, 4) is 23.7 Å². The second-order valence-corrected chi connectivity index (χ2v) is 6.05. The average Bonchev–Trinajstić information content (AvgIpc) is 3.02. The monoisotopic (exact) mass is 338 g/mol. The Morgan fingerprint density at radius 1 is 1.24 bits per heavy atom. The van der Waals surface area contributed by atoms with Gasteiger partial charge in [-0.1, -0.05) is 48.0 Å². The molecule has 1 aromatic rings. The van der Waals surface area contributed by atoms with E-state index in [9.17, 15) is 5.11 Å². The highest BCUT2D eigenvalue weighted by atomic mass is 16.7. The van der Waals surface area contributed by atoms with Gasteiger partial charge in [0.15, 0.2) is 0 Å². The Morgan fingerprint density at radius 2 is 2.12 bits per heavy atom. The van der Waals surface area contributed by atoms with Gasteiger partial charge in [0.1, 0.15) is 18.5 Å². The van der Waals surface area contributed by atoms with Crippen molar-refractivity contribution < 1.29 is 19.3 Å². The molecule has 0 heterocycles. The Hall–Kier alpha value is -2.08. The lowest BCUT2D eigenvalue weighted by atomic mass is 9.90. The number of hydrogen-bond acceptors (Lipinski definition) is 4. The van der Waals surface area contributed by atoms with Crippen LogP contribution in [0.2, 0.25) is 0 Å². The van der Waals surface area contributed by atoms with Crippen molar-refractivity contribution in [2.75, 3.05) is 27.1 Å². The summed E-state index contributed by atoms with van der Waals surface area (Å²) >= 11 is 0. The maximum absolute atomic E-state index is 10.3. The highest BCUT2D eigenvalue weighted by molar-refractivity contribution is 5.51. The largest absolute Gasteiger partial charge is 0.382 e. The number of fused-ring (bicyclic) bond motifs is 2. The molecule has 2 aliphatic carbocycles. The van der Waals surface area contributed by atoms with Gasteiger partial charge in [-0.05, 0) is 18.9 Å². The summed E-state index contributed by atoms with van der Waals surface area (Å²) in [7, 11) is 1.64. The van der Waals surface area contributed by atoms with Gasteiger partial charge in [0.05, 0.1) is 13.2 Å². The number of allylic oxidation sites excluding steroid dienone is 1. The minimum atomic E-state index is -0.840. The van der Waals surface area contributed by atoms with Crippen LogP contribution in [0.3, 0.4) is 0 Å². The van der Waals surface area contributed by atoms with E-state index >= 15 is 0 Å². The number of benzene rings is 1. The molecule has 0 amide bonds. The van der Waals surface area contributed by atoms with Crippen LogP contribution < -0.4 is 0 Å². The van der Waals surface area contributed by atoms with Crippen molar-refractivity contribution in [1.29, 1.82) is 0 Å². The molecule has 0 spiro atoms. The molecule has 1 N–H and O–H groups in total. The van der Waals surface area contributed by atoms with Crippen LogP contribution in [-0.4, -0.2) is 37.8 Å². The summed E-state index contributed by atoms with van der Waals surface area (Å²) in [5, 5.41) is 10.3. The van der Waals surface area contributed by atoms with Crippen molar-refractivity contribution in [3.05, 3.63) is 47.0 Å². The van der Waals surface area contributed by atoms with Crippen molar-refractivity contribution >= 4 is 0 Å². The summed E-state index contributed by atoms with van der Waals surface area (Å²) in [6.45, 7) is 1.18. The van der Waals surface area contributed by atoms with E-state index in [0.717, 1.165) is 29.5 Å². The third-order valence-electron chi connectivity index (χ3n) is 4.44. The third kappa shape index (κ3) is 4.12. The van der Waals surface area contributed by atoms with Gasteiger partial charge in [-0.3, -0.25) is 0 Å². The summed E-state index contributed by atoms with van der Waals surface area (Å²) in [6.07, 6.45) is 3.48. The van der Waals surface area contributed by atoms with Crippen molar-refractivity contribution in [1.82, 2.24) is 0 Å². The van der Waals surface area contributed by atoms with Gasteiger partial charge in [-0.25, -0.2) is 0 Å². The minimum absolute atomic E-state index is 0.170. The first-order valence-electron chi connectivity index (χ1n) is 8.44. The number of ether oxygens (including phenoxy) is 3. The molecule has 0 radical (unpaired) electrons. The Labute approximate surface area is 148 Å². The van der Waals surface area contributed by atoms with Crippen LogP contribution in [0.5, 0.6) is 0 Å². The fourth-order valence-electron chi connectivity index (χ4n) is 3.03. The van der Waals surface area contributed by atoms with Crippen molar-refractivity contribution in [2.24, 2.45) is 0 Å². The standard InChI is InChI=1S/C21H22O4/c1-23-14-15-24-16-25-21-12-4-7-18(21)11-10-17-6-2-3-8-19(17)20(22)9-5-13-21/h2-3,6-8,20,22H,4,12-16H2,1H3. The Balaban J connectivity index is 1.84. The number of rotatable bonds is 6. The van der Waals surface area contributed by atoms with E-state index in [1.54, 1.807) is 7.11 Å². The van der Waals surface area contributed by atoms with E-state index in [1.165, 1.54) is 0 Å².